The highest BCUT2D eigenvalue weighted by atomic mass is 35.5. The van der Waals surface area contributed by atoms with Crippen molar-refractivity contribution in [2.24, 2.45) is 5.92 Å². The largest absolute Gasteiger partial charge is 0.381 e. The van der Waals surface area contributed by atoms with Crippen LogP contribution in [0.5, 0.6) is 0 Å². The van der Waals surface area contributed by atoms with Gasteiger partial charge in [-0.3, -0.25) is 4.79 Å². The predicted octanol–water partition coefficient (Wildman–Crippen LogP) is 2.20. The molecule has 0 aromatic rings. The Hall–Kier alpha value is -0.0800. The van der Waals surface area contributed by atoms with Crippen LogP contribution in [-0.4, -0.2) is 18.5 Å². The molecule has 1 aliphatic rings. The number of carbonyl (C=O) groups excluding carboxylic acids is 1. The van der Waals surface area contributed by atoms with Crippen LogP contribution in [0, 0.1) is 5.92 Å². The second-order valence-corrected chi connectivity index (χ2v) is 3.30. The zero-order valence-electron chi connectivity index (χ0n) is 7.10. The van der Waals surface area contributed by atoms with E-state index < -0.39 is 0 Å². The minimum absolute atomic E-state index is 0.361. The molecule has 1 heterocycles. The van der Waals surface area contributed by atoms with E-state index in [-0.39, 0.29) is 5.24 Å². The van der Waals surface area contributed by atoms with Gasteiger partial charge < -0.3 is 4.74 Å². The van der Waals surface area contributed by atoms with Gasteiger partial charge in [-0.25, -0.2) is 0 Å². The number of rotatable bonds is 0. The minimum Gasteiger partial charge on any atom is -0.381 e. The Labute approximate surface area is 72.9 Å². The molecule has 0 amide bonds. The van der Waals surface area contributed by atoms with E-state index in [0.717, 1.165) is 19.1 Å². The molecule has 0 aromatic carbocycles. The number of hydrogen-bond donors (Lipinski definition) is 0. The summed E-state index contributed by atoms with van der Waals surface area (Å²) >= 11 is 4.64. The summed E-state index contributed by atoms with van der Waals surface area (Å²) in [6.45, 7) is 5.55. The summed E-state index contributed by atoms with van der Waals surface area (Å²) in [7, 11) is 0. The lowest BCUT2D eigenvalue weighted by atomic mass is 10.0. The smallest absolute Gasteiger partial charge is 0.218 e. The van der Waals surface area contributed by atoms with Crippen LogP contribution in [0.4, 0.5) is 0 Å². The molecule has 0 saturated carbocycles. The predicted molar refractivity (Wildman–Crippen MR) is 45.8 cm³/mol. The average Bonchev–Trinajstić information content (AvgIpc) is 1.87. The van der Waals surface area contributed by atoms with Crippen molar-refractivity contribution < 1.29 is 9.53 Å². The SMILES string of the molecule is CC(=O)Cl.CC1CCOCC1. The zero-order chi connectivity index (χ0) is 8.69. The summed E-state index contributed by atoms with van der Waals surface area (Å²) < 4.78 is 5.14. The third kappa shape index (κ3) is 9.92. The molecule has 0 aliphatic carbocycles. The molecule has 0 radical (unpaired) electrons. The Bertz CT molecular complexity index is 105. The number of carbonyl (C=O) groups is 1. The highest BCUT2D eigenvalue weighted by molar-refractivity contribution is 6.62. The Morgan fingerprint density at radius 1 is 1.45 bits per heavy atom. The van der Waals surface area contributed by atoms with Crippen LogP contribution in [0.1, 0.15) is 26.7 Å². The Morgan fingerprint density at radius 3 is 2.00 bits per heavy atom. The van der Waals surface area contributed by atoms with E-state index in [1.54, 1.807) is 0 Å². The van der Waals surface area contributed by atoms with Crippen LogP contribution in [0.2, 0.25) is 0 Å². The fourth-order valence-electron chi connectivity index (χ4n) is 0.815. The highest BCUT2D eigenvalue weighted by Gasteiger charge is 2.06. The van der Waals surface area contributed by atoms with E-state index in [1.807, 2.05) is 0 Å². The highest BCUT2D eigenvalue weighted by Crippen LogP contribution is 2.11. The van der Waals surface area contributed by atoms with E-state index in [4.69, 9.17) is 4.74 Å². The summed E-state index contributed by atoms with van der Waals surface area (Å²) in [6.07, 6.45) is 2.53. The lowest BCUT2D eigenvalue weighted by molar-refractivity contribution is -0.109. The fraction of sp³-hybridized carbons (Fsp3) is 0.875. The summed E-state index contributed by atoms with van der Waals surface area (Å²) in [5.74, 6) is 0.911. The third-order valence-corrected chi connectivity index (χ3v) is 1.51. The van der Waals surface area contributed by atoms with Crippen molar-refractivity contribution >= 4 is 16.8 Å². The summed E-state index contributed by atoms with van der Waals surface area (Å²) in [5, 5.41) is -0.361. The van der Waals surface area contributed by atoms with Gasteiger partial charge in [0.25, 0.3) is 0 Å². The van der Waals surface area contributed by atoms with Crippen molar-refractivity contribution in [2.75, 3.05) is 13.2 Å². The first-order valence-corrected chi connectivity index (χ1v) is 4.24. The molecule has 11 heavy (non-hydrogen) atoms. The quantitative estimate of drug-likeness (QED) is 0.532. The van der Waals surface area contributed by atoms with Crippen molar-refractivity contribution in [3.05, 3.63) is 0 Å². The van der Waals surface area contributed by atoms with Crippen molar-refractivity contribution in [2.45, 2.75) is 26.7 Å². The molecular formula is C8H15ClO2. The molecule has 0 atom stereocenters. The Morgan fingerprint density at radius 2 is 1.82 bits per heavy atom. The van der Waals surface area contributed by atoms with Crippen molar-refractivity contribution in [1.29, 1.82) is 0 Å². The maximum atomic E-state index is 9.21. The first kappa shape index (κ1) is 10.9. The van der Waals surface area contributed by atoms with Gasteiger partial charge in [-0.2, -0.15) is 0 Å². The Balaban J connectivity index is 0.000000218. The molecule has 2 nitrogen and oxygen atoms in total. The second-order valence-electron chi connectivity index (χ2n) is 2.77. The molecule has 1 aliphatic heterocycles. The van der Waals surface area contributed by atoms with E-state index in [2.05, 4.69) is 18.5 Å². The van der Waals surface area contributed by atoms with E-state index in [0.29, 0.717) is 0 Å². The molecule has 66 valence electrons. The van der Waals surface area contributed by atoms with Crippen LogP contribution in [0.25, 0.3) is 0 Å². The maximum Gasteiger partial charge on any atom is 0.218 e. The van der Waals surface area contributed by atoms with E-state index in [1.165, 1.54) is 19.8 Å². The summed E-state index contributed by atoms with van der Waals surface area (Å²) in [5.41, 5.74) is 0. The average molecular weight is 179 g/mol. The third-order valence-electron chi connectivity index (χ3n) is 1.51. The molecule has 0 bridgehead atoms. The number of ether oxygens (including phenoxy) is 1. The molecule has 1 rings (SSSR count). The Kier molecular flexibility index (Phi) is 6.57. The van der Waals surface area contributed by atoms with Crippen molar-refractivity contribution in [1.82, 2.24) is 0 Å². The number of hydrogen-bond acceptors (Lipinski definition) is 2. The van der Waals surface area contributed by atoms with Gasteiger partial charge in [0.2, 0.25) is 5.24 Å². The molecule has 1 fully saturated rings. The summed E-state index contributed by atoms with van der Waals surface area (Å²) in [4.78, 5) is 9.21. The van der Waals surface area contributed by atoms with Crippen molar-refractivity contribution in [3.8, 4) is 0 Å². The topological polar surface area (TPSA) is 26.3 Å². The standard InChI is InChI=1S/C6H12O.C2H3ClO/c1-6-2-4-7-5-3-6;1-2(3)4/h6H,2-5H2,1H3;1H3. The molecule has 3 heteroatoms. The van der Waals surface area contributed by atoms with Crippen LogP contribution in [0.3, 0.4) is 0 Å². The normalized spacial score (nSPS) is 18.5. The van der Waals surface area contributed by atoms with Gasteiger partial charge in [0.15, 0.2) is 0 Å². The molecule has 1 saturated heterocycles. The van der Waals surface area contributed by atoms with Gasteiger partial charge in [0.05, 0.1) is 0 Å². The molecule has 0 aromatic heterocycles. The van der Waals surface area contributed by atoms with Gasteiger partial charge in [-0.15, -0.1) is 0 Å². The van der Waals surface area contributed by atoms with Gasteiger partial charge in [-0.05, 0) is 30.4 Å². The van der Waals surface area contributed by atoms with Gasteiger partial charge in [0, 0.05) is 20.1 Å². The second kappa shape index (κ2) is 6.62. The molecule has 0 spiro atoms. The van der Waals surface area contributed by atoms with Crippen molar-refractivity contribution in [3.63, 3.8) is 0 Å². The molecule has 0 unspecified atom stereocenters. The van der Waals surface area contributed by atoms with Crippen LogP contribution in [-0.2, 0) is 9.53 Å². The van der Waals surface area contributed by atoms with Crippen LogP contribution >= 0.6 is 11.6 Å². The zero-order valence-corrected chi connectivity index (χ0v) is 7.86. The fourth-order valence-corrected chi connectivity index (χ4v) is 0.815. The van der Waals surface area contributed by atoms with Crippen LogP contribution in [0.15, 0.2) is 0 Å². The van der Waals surface area contributed by atoms with Crippen LogP contribution < -0.4 is 0 Å². The maximum absolute atomic E-state index is 9.21. The van der Waals surface area contributed by atoms with E-state index in [9.17, 15) is 4.79 Å². The lowest BCUT2D eigenvalue weighted by Gasteiger charge is -2.16. The summed E-state index contributed by atoms with van der Waals surface area (Å²) in [6, 6.07) is 0. The van der Waals surface area contributed by atoms with E-state index >= 15 is 0 Å². The lowest BCUT2D eigenvalue weighted by Crippen LogP contribution is -2.12. The molecule has 0 N–H and O–H groups in total. The van der Waals surface area contributed by atoms with Gasteiger partial charge in [0.1, 0.15) is 0 Å². The van der Waals surface area contributed by atoms with Gasteiger partial charge in [-0.1, -0.05) is 6.92 Å². The van der Waals surface area contributed by atoms with Gasteiger partial charge >= 0.3 is 0 Å². The first-order valence-electron chi connectivity index (χ1n) is 3.86. The first-order chi connectivity index (χ1) is 5.13. The minimum atomic E-state index is -0.361. The monoisotopic (exact) mass is 178 g/mol. The number of halogens is 1. The molecular weight excluding hydrogens is 164 g/mol.